The van der Waals surface area contributed by atoms with Crippen LogP contribution in [0.2, 0.25) is 0 Å². The summed E-state index contributed by atoms with van der Waals surface area (Å²) in [6.07, 6.45) is -2.52. The number of halogens is 3. The lowest BCUT2D eigenvalue weighted by atomic mass is 9.97. The maximum Gasteiger partial charge on any atom is 0.416 e. The van der Waals surface area contributed by atoms with Crippen LogP contribution in [0.3, 0.4) is 0 Å². The third-order valence-corrected chi connectivity index (χ3v) is 4.71. The van der Waals surface area contributed by atoms with Crippen LogP contribution in [0.5, 0.6) is 0 Å². The molecule has 0 aliphatic carbocycles. The zero-order valence-electron chi connectivity index (χ0n) is 16.4. The standard InChI is InChI=1S/C20H20F3N3O4/c1-10-13(5-4-6-15(10)20(21,22)23)11(2)24-18-14(9-16-29-7-8-30-16)17(19(27)28)25-12(3)26-18/h4-8,11,16H,9H2,1-3H3,(H,27,28)(H,24,25,26)/t11-/m1/s1. The van der Waals surface area contributed by atoms with E-state index in [9.17, 15) is 23.1 Å². The van der Waals surface area contributed by atoms with Gasteiger partial charge in [-0.05, 0) is 38.0 Å². The molecule has 7 nitrogen and oxygen atoms in total. The number of rotatable bonds is 6. The molecule has 160 valence electrons. The Hall–Kier alpha value is -3.30. The Labute approximate surface area is 170 Å². The number of anilines is 1. The Balaban J connectivity index is 1.98. The van der Waals surface area contributed by atoms with Gasteiger partial charge >= 0.3 is 12.1 Å². The molecule has 30 heavy (non-hydrogen) atoms. The van der Waals surface area contributed by atoms with Gasteiger partial charge in [0.15, 0.2) is 5.69 Å². The van der Waals surface area contributed by atoms with E-state index in [0.29, 0.717) is 5.56 Å². The van der Waals surface area contributed by atoms with Gasteiger partial charge in [-0.1, -0.05) is 12.1 Å². The summed E-state index contributed by atoms with van der Waals surface area (Å²) in [5.74, 6) is -0.853. The first-order valence-electron chi connectivity index (χ1n) is 9.08. The van der Waals surface area contributed by atoms with Gasteiger partial charge in [-0.15, -0.1) is 0 Å². The van der Waals surface area contributed by atoms with E-state index < -0.39 is 30.0 Å². The number of carboxylic acids is 1. The van der Waals surface area contributed by atoms with Gasteiger partial charge in [0.1, 0.15) is 24.2 Å². The summed E-state index contributed by atoms with van der Waals surface area (Å²) >= 11 is 0. The second kappa shape index (κ2) is 8.21. The number of carboxylic acid groups (broad SMARTS) is 1. The third kappa shape index (κ3) is 4.47. The fourth-order valence-electron chi connectivity index (χ4n) is 3.33. The van der Waals surface area contributed by atoms with E-state index in [2.05, 4.69) is 15.3 Å². The zero-order chi connectivity index (χ0) is 22.1. The Morgan fingerprint density at radius 2 is 1.90 bits per heavy atom. The number of ether oxygens (including phenoxy) is 2. The van der Waals surface area contributed by atoms with Crippen molar-refractivity contribution in [3.05, 3.63) is 64.5 Å². The molecule has 1 aliphatic heterocycles. The van der Waals surface area contributed by atoms with Crippen molar-refractivity contribution in [2.75, 3.05) is 5.32 Å². The highest BCUT2D eigenvalue weighted by Crippen LogP contribution is 2.35. The number of aromatic carboxylic acids is 1. The van der Waals surface area contributed by atoms with Gasteiger partial charge in [-0.25, -0.2) is 14.8 Å². The van der Waals surface area contributed by atoms with Gasteiger partial charge in [0.2, 0.25) is 6.29 Å². The summed E-state index contributed by atoms with van der Waals surface area (Å²) < 4.78 is 50.3. The Morgan fingerprint density at radius 1 is 1.23 bits per heavy atom. The lowest BCUT2D eigenvalue weighted by Gasteiger charge is -2.23. The number of nitrogens with one attached hydrogen (secondary N) is 1. The van der Waals surface area contributed by atoms with Crippen LogP contribution in [0.4, 0.5) is 19.0 Å². The minimum atomic E-state index is -4.48. The van der Waals surface area contributed by atoms with E-state index in [4.69, 9.17) is 9.47 Å². The van der Waals surface area contributed by atoms with Crippen LogP contribution >= 0.6 is 0 Å². The van der Waals surface area contributed by atoms with Crippen molar-refractivity contribution in [3.63, 3.8) is 0 Å². The van der Waals surface area contributed by atoms with Crippen molar-refractivity contribution in [1.82, 2.24) is 9.97 Å². The number of alkyl halides is 3. The monoisotopic (exact) mass is 423 g/mol. The molecular formula is C20H20F3N3O4. The van der Waals surface area contributed by atoms with Gasteiger partial charge in [0, 0.05) is 5.56 Å². The number of carbonyl (C=O) groups is 1. The first-order valence-corrected chi connectivity index (χ1v) is 9.08. The first-order chi connectivity index (χ1) is 14.1. The molecule has 2 aromatic rings. The molecule has 0 radical (unpaired) electrons. The molecule has 2 N–H and O–H groups in total. The molecule has 2 heterocycles. The second-order valence-corrected chi connectivity index (χ2v) is 6.81. The molecule has 0 saturated heterocycles. The molecule has 1 aliphatic rings. The maximum absolute atomic E-state index is 13.3. The minimum Gasteiger partial charge on any atom is -0.476 e. The number of benzene rings is 1. The van der Waals surface area contributed by atoms with E-state index in [1.54, 1.807) is 13.0 Å². The van der Waals surface area contributed by atoms with E-state index in [1.807, 2.05) is 0 Å². The molecule has 0 spiro atoms. The highest BCUT2D eigenvalue weighted by atomic mass is 19.4. The lowest BCUT2D eigenvalue weighted by molar-refractivity contribution is -0.138. The van der Waals surface area contributed by atoms with E-state index in [-0.39, 0.29) is 34.9 Å². The van der Waals surface area contributed by atoms with Crippen molar-refractivity contribution in [3.8, 4) is 0 Å². The Kier molecular flexibility index (Phi) is 5.86. The molecule has 3 rings (SSSR count). The van der Waals surface area contributed by atoms with Gasteiger partial charge < -0.3 is 19.9 Å². The van der Waals surface area contributed by atoms with Gasteiger partial charge in [-0.3, -0.25) is 0 Å². The second-order valence-electron chi connectivity index (χ2n) is 6.81. The molecule has 0 saturated carbocycles. The molecule has 0 bridgehead atoms. The average Bonchev–Trinajstić information content (AvgIpc) is 3.15. The molecule has 1 aromatic carbocycles. The summed E-state index contributed by atoms with van der Waals surface area (Å²) in [6.45, 7) is 4.61. The summed E-state index contributed by atoms with van der Waals surface area (Å²) in [4.78, 5) is 20.0. The smallest absolute Gasteiger partial charge is 0.416 e. The largest absolute Gasteiger partial charge is 0.476 e. The number of hydrogen-bond acceptors (Lipinski definition) is 6. The van der Waals surface area contributed by atoms with Crippen molar-refractivity contribution < 1.29 is 32.5 Å². The quantitative estimate of drug-likeness (QED) is 0.713. The summed E-state index contributed by atoms with van der Waals surface area (Å²) in [5.41, 5.74) is -0.213. The maximum atomic E-state index is 13.3. The van der Waals surface area contributed by atoms with Crippen molar-refractivity contribution in [1.29, 1.82) is 0 Å². The van der Waals surface area contributed by atoms with Crippen LogP contribution in [0.25, 0.3) is 0 Å². The Morgan fingerprint density at radius 3 is 2.50 bits per heavy atom. The lowest BCUT2D eigenvalue weighted by Crippen LogP contribution is -2.21. The van der Waals surface area contributed by atoms with Crippen molar-refractivity contribution in [2.24, 2.45) is 0 Å². The zero-order valence-corrected chi connectivity index (χ0v) is 16.4. The summed E-state index contributed by atoms with van der Waals surface area (Å²) in [6, 6.07) is 3.35. The third-order valence-electron chi connectivity index (χ3n) is 4.71. The first kappa shape index (κ1) is 21.4. The molecule has 1 aromatic heterocycles. The predicted octanol–water partition coefficient (Wildman–Crippen LogP) is 4.37. The van der Waals surface area contributed by atoms with Gasteiger partial charge in [0.25, 0.3) is 0 Å². The SMILES string of the molecule is Cc1nc(N[C@H](C)c2cccc(C(F)(F)F)c2C)c(CC2OC=CO2)c(C(=O)O)n1. The molecule has 1 atom stereocenters. The number of aromatic nitrogens is 2. The highest BCUT2D eigenvalue weighted by Gasteiger charge is 2.33. The highest BCUT2D eigenvalue weighted by molar-refractivity contribution is 5.88. The van der Waals surface area contributed by atoms with E-state index >= 15 is 0 Å². The fraction of sp³-hybridized carbons (Fsp3) is 0.350. The van der Waals surface area contributed by atoms with E-state index in [1.165, 1.54) is 32.4 Å². The fourth-order valence-corrected chi connectivity index (χ4v) is 3.33. The van der Waals surface area contributed by atoms with Crippen LogP contribution in [0.1, 0.15) is 51.5 Å². The Bertz CT molecular complexity index is 984. The van der Waals surface area contributed by atoms with Crippen molar-refractivity contribution >= 4 is 11.8 Å². The number of nitrogens with zero attached hydrogens (tertiary/aromatic N) is 2. The number of hydrogen-bond donors (Lipinski definition) is 2. The average molecular weight is 423 g/mol. The molecular weight excluding hydrogens is 403 g/mol. The van der Waals surface area contributed by atoms with Crippen LogP contribution in [0.15, 0.2) is 30.7 Å². The molecule has 0 fully saturated rings. The topological polar surface area (TPSA) is 93.6 Å². The number of aryl methyl sites for hydroxylation is 1. The molecule has 0 amide bonds. The minimum absolute atomic E-state index is 0.0333. The summed E-state index contributed by atoms with van der Waals surface area (Å²) in [5, 5.41) is 12.6. The van der Waals surface area contributed by atoms with Crippen LogP contribution < -0.4 is 5.32 Å². The molecule has 10 heteroatoms. The predicted molar refractivity (Wildman–Crippen MR) is 101 cm³/mol. The van der Waals surface area contributed by atoms with Crippen LogP contribution in [-0.4, -0.2) is 27.3 Å². The van der Waals surface area contributed by atoms with Crippen LogP contribution in [0, 0.1) is 13.8 Å². The van der Waals surface area contributed by atoms with Crippen LogP contribution in [-0.2, 0) is 22.1 Å². The van der Waals surface area contributed by atoms with Gasteiger partial charge in [0.05, 0.1) is 18.0 Å². The van der Waals surface area contributed by atoms with Crippen molar-refractivity contribution in [2.45, 2.75) is 45.7 Å². The molecule has 0 unspecified atom stereocenters. The van der Waals surface area contributed by atoms with Gasteiger partial charge in [-0.2, -0.15) is 13.2 Å². The van der Waals surface area contributed by atoms with E-state index in [0.717, 1.165) is 6.07 Å². The normalized spacial score (nSPS) is 14.9. The summed E-state index contributed by atoms with van der Waals surface area (Å²) in [7, 11) is 0.